The molecule has 0 bridgehead atoms. The van der Waals surface area contributed by atoms with Gasteiger partial charge in [-0.05, 0) is 81.5 Å². The molecule has 0 aliphatic carbocycles. The topological polar surface area (TPSA) is 203 Å². The second kappa shape index (κ2) is 17.6. The number of methoxy groups -OCH3 is 1. The number of fused-ring (bicyclic) bond motifs is 4. The highest BCUT2D eigenvalue weighted by Gasteiger charge is 2.46. The lowest BCUT2D eigenvalue weighted by Gasteiger charge is -2.27. The fourth-order valence-electron chi connectivity index (χ4n) is 7.62. The monoisotopic (exact) mass is 822 g/mol. The fraction of sp³-hybridized carbons (Fsp3) is 0.357. The standard InChI is InChI=1S/C42H43ClN8O8/c1-4-27(37-38-49-48-23(2)50(38)30-16-15-26(58-3)21-29(30)36(47-37)24-11-13-25(43)14-12-24)39(54)45-20-7-5-6-19-44-34(53)22-59-32-10-8-9-28-35(32)42(57)51(41(28)56)31-17-18-33(52)46-40(31)55/h8-16,21,27,31,37H,4-7,17-20,22H2,1-3H3,(H,44,53)(H,45,54)(H,46,52,55)/t27-,31?,37+/m1/s1. The van der Waals surface area contributed by atoms with Gasteiger partial charge in [0.15, 0.2) is 12.4 Å². The molecule has 17 heteroatoms. The molecule has 1 aromatic heterocycles. The molecule has 1 unspecified atom stereocenters. The molecule has 0 spiro atoms. The number of hydrogen-bond acceptors (Lipinski definition) is 11. The Morgan fingerprint density at radius 2 is 1.71 bits per heavy atom. The van der Waals surface area contributed by atoms with Crippen molar-refractivity contribution in [3.8, 4) is 17.2 Å². The van der Waals surface area contributed by atoms with Crippen molar-refractivity contribution in [3.05, 3.63) is 99.6 Å². The smallest absolute Gasteiger partial charge is 0.266 e. The van der Waals surface area contributed by atoms with E-state index in [4.69, 9.17) is 26.1 Å². The quantitative estimate of drug-likeness (QED) is 0.116. The van der Waals surface area contributed by atoms with E-state index < -0.39 is 54.1 Å². The maximum Gasteiger partial charge on any atom is 0.266 e. The van der Waals surface area contributed by atoms with Crippen LogP contribution in [0.1, 0.15) is 95.0 Å². The third-order valence-corrected chi connectivity index (χ3v) is 10.9. The Morgan fingerprint density at radius 1 is 0.949 bits per heavy atom. The Morgan fingerprint density at radius 3 is 2.44 bits per heavy atom. The Bertz CT molecular complexity index is 2360. The molecular formula is C42H43ClN8O8. The van der Waals surface area contributed by atoms with Crippen molar-refractivity contribution >= 4 is 52.8 Å². The van der Waals surface area contributed by atoms with Gasteiger partial charge in [-0.3, -0.25) is 48.5 Å². The van der Waals surface area contributed by atoms with E-state index in [9.17, 15) is 28.8 Å². The minimum absolute atomic E-state index is 0.00265. The van der Waals surface area contributed by atoms with E-state index in [0.717, 1.165) is 21.7 Å². The molecule has 3 aliphatic rings. The molecule has 306 valence electrons. The van der Waals surface area contributed by atoms with Gasteiger partial charge in [0.25, 0.3) is 17.7 Å². The SMILES string of the molecule is CC[C@@H](C(=O)NCCCCCNC(=O)COc1cccc2c1C(=O)N(C1CCC(=O)NC1=O)C2=O)[C@@H]1N=C(c2ccc(Cl)cc2)c2cc(OC)ccc2-n2c(C)nnc21. The molecule has 16 nitrogen and oxygen atoms in total. The predicted molar refractivity (Wildman–Crippen MR) is 215 cm³/mol. The zero-order valence-corrected chi connectivity index (χ0v) is 33.5. The number of unbranched alkanes of at least 4 members (excludes halogenated alkanes) is 2. The first-order valence-corrected chi connectivity index (χ1v) is 19.8. The van der Waals surface area contributed by atoms with Crippen molar-refractivity contribution < 1.29 is 38.2 Å². The molecule has 3 aromatic carbocycles. The number of piperidine rings is 1. The molecule has 59 heavy (non-hydrogen) atoms. The van der Waals surface area contributed by atoms with Crippen LogP contribution in [0.5, 0.6) is 11.5 Å². The van der Waals surface area contributed by atoms with Crippen LogP contribution >= 0.6 is 11.6 Å². The van der Waals surface area contributed by atoms with Gasteiger partial charge in [-0.1, -0.05) is 36.7 Å². The van der Waals surface area contributed by atoms with Gasteiger partial charge >= 0.3 is 0 Å². The Balaban J connectivity index is 0.918. The summed E-state index contributed by atoms with van der Waals surface area (Å²) in [5.74, 6) is -1.79. The van der Waals surface area contributed by atoms with Crippen molar-refractivity contribution in [2.45, 2.75) is 64.5 Å². The molecule has 4 heterocycles. The number of amides is 6. The highest BCUT2D eigenvalue weighted by Crippen LogP contribution is 2.38. The average molecular weight is 823 g/mol. The number of carbonyl (C=O) groups excluding carboxylic acids is 6. The number of rotatable bonds is 15. The molecule has 6 amide bonds. The highest BCUT2D eigenvalue weighted by molar-refractivity contribution is 6.30. The van der Waals surface area contributed by atoms with Crippen LogP contribution in [0.25, 0.3) is 5.69 Å². The van der Waals surface area contributed by atoms with Crippen LogP contribution in [-0.2, 0) is 19.2 Å². The van der Waals surface area contributed by atoms with Gasteiger partial charge in [-0.15, -0.1) is 10.2 Å². The second-order valence-electron chi connectivity index (χ2n) is 14.4. The molecule has 3 atom stereocenters. The molecule has 7 rings (SSSR count). The summed E-state index contributed by atoms with van der Waals surface area (Å²) in [7, 11) is 1.61. The summed E-state index contributed by atoms with van der Waals surface area (Å²) in [5.41, 5.74) is 3.16. The van der Waals surface area contributed by atoms with Crippen LogP contribution in [0.15, 0.2) is 65.7 Å². The number of hydrogen-bond donors (Lipinski definition) is 3. The lowest BCUT2D eigenvalue weighted by atomic mass is 9.94. The molecule has 0 saturated carbocycles. The van der Waals surface area contributed by atoms with E-state index in [0.29, 0.717) is 66.9 Å². The van der Waals surface area contributed by atoms with Crippen molar-refractivity contribution in [3.63, 3.8) is 0 Å². The summed E-state index contributed by atoms with van der Waals surface area (Å²) < 4.78 is 13.2. The number of benzene rings is 3. The normalized spacial score (nSPS) is 17.6. The summed E-state index contributed by atoms with van der Waals surface area (Å²) in [5, 5.41) is 17.5. The minimum Gasteiger partial charge on any atom is -0.497 e. The van der Waals surface area contributed by atoms with E-state index in [1.807, 2.05) is 48.7 Å². The van der Waals surface area contributed by atoms with Crippen LogP contribution in [-0.4, -0.2) is 93.7 Å². The Labute approximate surface area is 344 Å². The number of imide groups is 2. The Hall–Kier alpha value is -6.42. The number of nitrogens with zero attached hydrogens (tertiary/aromatic N) is 5. The van der Waals surface area contributed by atoms with Gasteiger partial charge in [0.05, 0.1) is 35.6 Å². The number of aliphatic imine (C=N–C) groups is 1. The molecule has 4 aromatic rings. The number of carbonyl (C=O) groups is 6. The van der Waals surface area contributed by atoms with Gasteiger partial charge in [0.1, 0.15) is 29.4 Å². The van der Waals surface area contributed by atoms with Gasteiger partial charge in [-0.2, -0.15) is 0 Å². The van der Waals surface area contributed by atoms with Crippen LogP contribution < -0.4 is 25.4 Å². The number of aromatic nitrogens is 3. The number of halogens is 1. The number of nitrogens with one attached hydrogen (secondary N) is 3. The zero-order chi connectivity index (χ0) is 41.8. The van der Waals surface area contributed by atoms with Crippen LogP contribution in [0, 0.1) is 12.8 Å². The largest absolute Gasteiger partial charge is 0.497 e. The average Bonchev–Trinajstić information content (AvgIpc) is 3.68. The second-order valence-corrected chi connectivity index (χ2v) is 14.8. The highest BCUT2D eigenvalue weighted by atomic mass is 35.5. The van der Waals surface area contributed by atoms with E-state index >= 15 is 0 Å². The summed E-state index contributed by atoms with van der Waals surface area (Å²) in [6.07, 6.45) is 2.53. The molecule has 3 aliphatic heterocycles. The minimum atomic E-state index is -1.11. The van der Waals surface area contributed by atoms with Crippen molar-refractivity contribution in [2.75, 3.05) is 26.8 Å². The van der Waals surface area contributed by atoms with Crippen molar-refractivity contribution in [2.24, 2.45) is 10.9 Å². The third-order valence-electron chi connectivity index (χ3n) is 10.6. The van der Waals surface area contributed by atoms with Crippen molar-refractivity contribution in [1.29, 1.82) is 0 Å². The summed E-state index contributed by atoms with van der Waals surface area (Å²) in [6, 6.07) is 15.8. The van der Waals surface area contributed by atoms with Gasteiger partial charge < -0.3 is 20.1 Å². The lowest BCUT2D eigenvalue weighted by Crippen LogP contribution is -2.54. The first-order valence-electron chi connectivity index (χ1n) is 19.5. The third kappa shape index (κ3) is 8.30. The molecule has 1 fully saturated rings. The first kappa shape index (κ1) is 40.8. The van der Waals surface area contributed by atoms with Crippen molar-refractivity contribution in [1.82, 2.24) is 35.6 Å². The zero-order valence-electron chi connectivity index (χ0n) is 32.7. The number of aryl methyl sites for hydroxylation is 1. The predicted octanol–water partition coefficient (Wildman–Crippen LogP) is 4.04. The number of ether oxygens (including phenoxy) is 2. The molecule has 1 saturated heterocycles. The maximum absolute atomic E-state index is 13.8. The van der Waals surface area contributed by atoms with Crippen LogP contribution in [0.2, 0.25) is 5.02 Å². The summed E-state index contributed by atoms with van der Waals surface area (Å²) in [4.78, 5) is 83.0. The van der Waals surface area contributed by atoms with Gasteiger partial charge in [0.2, 0.25) is 17.7 Å². The van der Waals surface area contributed by atoms with E-state index in [1.54, 1.807) is 19.2 Å². The fourth-order valence-corrected chi connectivity index (χ4v) is 7.74. The molecule has 0 radical (unpaired) electrons. The van der Waals surface area contributed by atoms with E-state index in [1.165, 1.54) is 18.2 Å². The summed E-state index contributed by atoms with van der Waals surface area (Å²) >= 11 is 6.25. The van der Waals surface area contributed by atoms with E-state index in [2.05, 4.69) is 26.1 Å². The molecule has 3 N–H and O–H groups in total. The Kier molecular flexibility index (Phi) is 12.2. The summed E-state index contributed by atoms with van der Waals surface area (Å²) in [6.45, 7) is 4.18. The van der Waals surface area contributed by atoms with Gasteiger partial charge in [-0.25, -0.2) is 0 Å². The van der Waals surface area contributed by atoms with Crippen LogP contribution in [0.4, 0.5) is 0 Å². The van der Waals surface area contributed by atoms with Crippen LogP contribution in [0.3, 0.4) is 0 Å². The maximum atomic E-state index is 13.8. The van der Waals surface area contributed by atoms with Gasteiger partial charge in [0, 0.05) is 35.7 Å². The molecular weight excluding hydrogens is 780 g/mol. The lowest BCUT2D eigenvalue weighted by molar-refractivity contribution is -0.136. The van der Waals surface area contributed by atoms with E-state index in [-0.39, 0.29) is 35.6 Å². The first-order chi connectivity index (χ1) is 28.5.